The van der Waals surface area contributed by atoms with Crippen molar-refractivity contribution in [1.29, 1.82) is 0 Å². The summed E-state index contributed by atoms with van der Waals surface area (Å²) >= 11 is 4.01. The number of thioether (sulfide) groups is 2. The summed E-state index contributed by atoms with van der Waals surface area (Å²) in [7, 11) is 0. The zero-order chi connectivity index (χ0) is 18.3. The monoisotopic (exact) mass is 378 g/mol. The standard InChI is InChI=1S/C24H26S2/c1-5-11-25-21-13-15(3)17-8-10-20-22(26-12-6-2)14-16(4)18-7-9-19(21)23(17)24(18)20/h7-10,13-14H,5-6,11-12H2,1-4H3. The van der Waals surface area contributed by atoms with Gasteiger partial charge in [-0.1, -0.05) is 38.1 Å². The van der Waals surface area contributed by atoms with E-state index < -0.39 is 0 Å². The molecule has 0 saturated carbocycles. The Morgan fingerprint density at radius 3 is 1.38 bits per heavy atom. The Labute approximate surface area is 165 Å². The summed E-state index contributed by atoms with van der Waals surface area (Å²) in [6.45, 7) is 9.05. The van der Waals surface area contributed by atoms with Crippen molar-refractivity contribution in [2.75, 3.05) is 11.5 Å². The molecule has 0 heterocycles. The molecular weight excluding hydrogens is 352 g/mol. The summed E-state index contributed by atoms with van der Waals surface area (Å²) in [5, 5.41) is 8.63. The average molecular weight is 379 g/mol. The van der Waals surface area contributed by atoms with Crippen LogP contribution in [0.15, 0.2) is 46.2 Å². The molecule has 0 unspecified atom stereocenters. The normalized spacial score (nSPS) is 12.0. The average Bonchev–Trinajstić information content (AvgIpc) is 2.65. The van der Waals surface area contributed by atoms with Crippen LogP contribution in [0.5, 0.6) is 0 Å². The predicted octanol–water partition coefficient (Wildman–Crippen LogP) is 8.21. The highest BCUT2D eigenvalue weighted by Crippen LogP contribution is 2.44. The smallest absolute Gasteiger partial charge is 0.0154 e. The highest BCUT2D eigenvalue weighted by Gasteiger charge is 2.16. The molecule has 0 N–H and O–H groups in total. The van der Waals surface area contributed by atoms with E-state index in [0.29, 0.717) is 0 Å². The van der Waals surface area contributed by atoms with Crippen LogP contribution >= 0.6 is 23.5 Å². The second kappa shape index (κ2) is 7.32. The minimum absolute atomic E-state index is 1.18. The Bertz CT molecular complexity index is 991. The zero-order valence-electron chi connectivity index (χ0n) is 16.1. The Morgan fingerprint density at radius 1 is 0.615 bits per heavy atom. The van der Waals surface area contributed by atoms with E-state index in [0.717, 1.165) is 0 Å². The van der Waals surface area contributed by atoms with Gasteiger partial charge < -0.3 is 0 Å². The molecule has 4 rings (SSSR count). The van der Waals surface area contributed by atoms with Crippen LogP contribution in [0.3, 0.4) is 0 Å². The van der Waals surface area contributed by atoms with Crippen LogP contribution in [-0.2, 0) is 0 Å². The van der Waals surface area contributed by atoms with Crippen molar-refractivity contribution in [3.63, 3.8) is 0 Å². The van der Waals surface area contributed by atoms with Crippen LogP contribution in [0.25, 0.3) is 32.3 Å². The van der Waals surface area contributed by atoms with Crippen molar-refractivity contribution in [2.24, 2.45) is 0 Å². The largest absolute Gasteiger partial charge is 0.126 e. The summed E-state index contributed by atoms with van der Waals surface area (Å²) < 4.78 is 0. The van der Waals surface area contributed by atoms with E-state index in [1.807, 2.05) is 23.5 Å². The second-order valence-corrected chi connectivity index (χ2v) is 9.42. The fourth-order valence-corrected chi connectivity index (χ4v) is 5.95. The maximum absolute atomic E-state index is 2.39. The summed E-state index contributed by atoms with van der Waals surface area (Å²) in [5.41, 5.74) is 2.80. The van der Waals surface area contributed by atoms with Crippen LogP contribution in [0.1, 0.15) is 37.8 Å². The molecule has 134 valence electrons. The van der Waals surface area contributed by atoms with Crippen LogP contribution in [0.4, 0.5) is 0 Å². The van der Waals surface area contributed by atoms with Crippen LogP contribution in [0, 0.1) is 13.8 Å². The molecule has 2 heteroatoms. The molecule has 4 aromatic rings. The van der Waals surface area contributed by atoms with Gasteiger partial charge in [0.05, 0.1) is 0 Å². The van der Waals surface area contributed by atoms with Gasteiger partial charge in [0.15, 0.2) is 0 Å². The third-order valence-corrected chi connectivity index (χ3v) is 7.68. The molecule has 0 aromatic heterocycles. The number of hydrogen-bond acceptors (Lipinski definition) is 2. The van der Waals surface area contributed by atoms with E-state index in [2.05, 4.69) is 64.1 Å². The fourth-order valence-electron chi connectivity index (χ4n) is 3.93. The first kappa shape index (κ1) is 18.0. The Hall–Kier alpha value is -1.38. The molecule has 0 spiro atoms. The van der Waals surface area contributed by atoms with Gasteiger partial charge >= 0.3 is 0 Å². The first-order chi connectivity index (χ1) is 12.7. The van der Waals surface area contributed by atoms with Crippen molar-refractivity contribution < 1.29 is 0 Å². The van der Waals surface area contributed by atoms with Gasteiger partial charge in [0.1, 0.15) is 0 Å². The summed E-state index contributed by atoms with van der Waals surface area (Å²) in [4.78, 5) is 2.88. The van der Waals surface area contributed by atoms with Gasteiger partial charge in [-0.05, 0) is 93.8 Å². The predicted molar refractivity (Wildman–Crippen MR) is 122 cm³/mol. The summed E-state index contributed by atoms with van der Waals surface area (Å²) in [6, 6.07) is 14.2. The maximum atomic E-state index is 2.39. The molecule has 0 atom stereocenters. The molecule has 0 aliphatic rings. The van der Waals surface area contributed by atoms with Gasteiger partial charge in [0.2, 0.25) is 0 Å². The molecule has 0 fully saturated rings. The topological polar surface area (TPSA) is 0 Å². The van der Waals surface area contributed by atoms with Gasteiger partial charge in [-0.2, -0.15) is 0 Å². The molecule has 0 bridgehead atoms. The highest BCUT2D eigenvalue weighted by molar-refractivity contribution is 7.99. The fraction of sp³-hybridized carbons (Fsp3) is 0.333. The van der Waals surface area contributed by atoms with Crippen LogP contribution < -0.4 is 0 Å². The third-order valence-electron chi connectivity index (χ3n) is 5.16. The van der Waals surface area contributed by atoms with Crippen LogP contribution in [0.2, 0.25) is 0 Å². The number of hydrogen-bond donors (Lipinski definition) is 0. The first-order valence-corrected chi connectivity index (χ1v) is 11.6. The molecule has 26 heavy (non-hydrogen) atoms. The quantitative estimate of drug-likeness (QED) is 0.245. The van der Waals surface area contributed by atoms with E-state index in [1.54, 1.807) is 0 Å². The van der Waals surface area contributed by atoms with Gasteiger partial charge in [0, 0.05) is 9.79 Å². The van der Waals surface area contributed by atoms with Crippen molar-refractivity contribution in [2.45, 2.75) is 50.3 Å². The van der Waals surface area contributed by atoms with Crippen molar-refractivity contribution in [1.82, 2.24) is 0 Å². The van der Waals surface area contributed by atoms with Crippen molar-refractivity contribution in [3.05, 3.63) is 47.5 Å². The SMILES string of the molecule is CCCSc1cc(C)c2ccc3c(SCCC)cc(C)c4ccc1c2c43. The lowest BCUT2D eigenvalue weighted by Crippen LogP contribution is -1.92. The highest BCUT2D eigenvalue weighted by atomic mass is 32.2. The minimum atomic E-state index is 1.18. The molecule has 0 amide bonds. The summed E-state index contributed by atoms with van der Waals surface area (Å²) in [6.07, 6.45) is 2.42. The van der Waals surface area contributed by atoms with Gasteiger partial charge in [-0.3, -0.25) is 0 Å². The lowest BCUT2D eigenvalue weighted by molar-refractivity contribution is 1.10. The molecule has 0 nitrogen and oxygen atoms in total. The van der Waals surface area contributed by atoms with E-state index in [1.165, 1.54) is 77.6 Å². The molecule has 4 aromatic carbocycles. The van der Waals surface area contributed by atoms with E-state index >= 15 is 0 Å². The van der Waals surface area contributed by atoms with E-state index in [9.17, 15) is 0 Å². The van der Waals surface area contributed by atoms with Crippen LogP contribution in [-0.4, -0.2) is 11.5 Å². The number of aryl methyl sites for hydroxylation is 2. The van der Waals surface area contributed by atoms with E-state index in [4.69, 9.17) is 0 Å². The van der Waals surface area contributed by atoms with Gasteiger partial charge in [-0.15, -0.1) is 23.5 Å². The second-order valence-electron chi connectivity index (χ2n) is 7.15. The van der Waals surface area contributed by atoms with Gasteiger partial charge in [-0.25, -0.2) is 0 Å². The van der Waals surface area contributed by atoms with Gasteiger partial charge in [0.25, 0.3) is 0 Å². The lowest BCUT2D eigenvalue weighted by atomic mass is 9.90. The van der Waals surface area contributed by atoms with E-state index in [-0.39, 0.29) is 0 Å². The minimum Gasteiger partial charge on any atom is -0.126 e. The molecule has 0 saturated heterocycles. The molecular formula is C24H26S2. The Kier molecular flexibility index (Phi) is 5.07. The molecule has 0 aliphatic carbocycles. The van der Waals surface area contributed by atoms with Crippen molar-refractivity contribution >= 4 is 55.8 Å². The first-order valence-electron chi connectivity index (χ1n) is 9.63. The summed E-state index contributed by atoms with van der Waals surface area (Å²) in [5.74, 6) is 2.36. The lowest BCUT2D eigenvalue weighted by Gasteiger charge is -2.18. The third kappa shape index (κ3) is 2.88. The number of rotatable bonds is 6. The Balaban J connectivity index is 2.11. The zero-order valence-corrected chi connectivity index (χ0v) is 17.7. The Morgan fingerprint density at radius 2 is 1.00 bits per heavy atom. The molecule has 0 radical (unpaired) electrons. The maximum Gasteiger partial charge on any atom is 0.0154 e. The van der Waals surface area contributed by atoms with Crippen molar-refractivity contribution in [3.8, 4) is 0 Å². The number of benzene rings is 4. The molecule has 0 aliphatic heterocycles.